The molecular formula is C14H18O4. The second kappa shape index (κ2) is 5.36. The molecule has 18 heavy (non-hydrogen) atoms. The molecule has 2 fully saturated rings. The highest BCUT2D eigenvalue weighted by atomic mass is 16.7. The van der Waals surface area contributed by atoms with Gasteiger partial charge in [-0.25, -0.2) is 0 Å². The Labute approximate surface area is 107 Å². The van der Waals surface area contributed by atoms with Crippen molar-refractivity contribution in [3.63, 3.8) is 0 Å². The van der Waals surface area contributed by atoms with Gasteiger partial charge in [0.05, 0.1) is 26.4 Å². The standard InChI is InChI=1S/C14H18O4/c1-10-2-4-11(5-3-10)14(17-8-12-6-15-12)18-9-13-7-16-13/h2-5,12-14H,6-9H2,1H3. The quantitative estimate of drug-likeness (QED) is 0.547. The number of benzene rings is 1. The minimum absolute atomic E-state index is 0.249. The van der Waals surface area contributed by atoms with Gasteiger partial charge in [0.15, 0.2) is 6.29 Å². The highest BCUT2D eigenvalue weighted by Crippen LogP contribution is 2.23. The van der Waals surface area contributed by atoms with Gasteiger partial charge < -0.3 is 18.9 Å². The van der Waals surface area contributed by atoms with E-state index in [1.807, 2.05) is 12.1 Å². The van der Waals surface area contributed by atoms with Gasteiger partial charge >= 0.3 is 0 Å². The minimum atomic E-state index is -0.320. The van der Waals surface area contributed by atoms with Gasteiger partial charge in [0.2, 0.25) is 0 Å². The maximum atomic E-state index is 5.77. The zero-order valence-corrected chi connectivity index (χ0v) is 10.5. The molecule has 0 radical (unpaired) electrons. The summed E-state index contributed by atoms with van der Waals surface area (Å²) in [5, 5.41) is 0. The van der Waals surface area contributed by atoms with Crippen LogP contribution in [0.4, 0.5) is 0 Å². The zero-order chi connectivity index (χ0) is 12.4. The van der Waals surface area contributed by atoms with E-state index in [2.05, 4.69) is 19.1 Å². The van der Waals surface area contributed by atoms with E-state index in [-0.39, 0.29) is 18.5 Å². The lowest BCUT2D eigenvalue weighted by molar-refractivity contribution is -0.151. The summed E-state index contributed by atoms with van der Waals surface area (Å²) in [5.74, 6) is 0. The van der Waals surface area contributed by atoms with E-state index in [1.54, 1.807) is 0 Å². The van der Waals surface area contributed by atoms with Crippen LogP contribution in [0.25, 0.3) is 0 Å². The molecule has 2 unspecified atom stereocenters. The van der Waals surface area contributed by atoms with Crippen molar-refractivity contribution in [1.82, 2.24) is 0 Å². The van der Waals surface area contributed by atoms with Crippen LogP contribution in [-0.4, -0.2) is 38.6 Å². The lowest BCUT2D eigenvalue weighted by atomic mass is 10.1. The molecule has 3 rings (SSSR count). The molecule has 0 aliphatic carbocycles. The number of aryl methyl sites for hydroxylation is 1. The van der Waals surface area contributed by atoms with Crippen LogP contribution in [-0.2, 0) is 18.9 Å². The molecular weight excluding hydrogens is 232 g/mol. The number of hydrogen-bond acceptors (Lipinski definition) is 4. The van der Waals surface area contributed by atoms with Crippen LogP contribution >= 0.6 is 0 Å². The van der Waals surface area contributed by atoms with Crippen LogP contribution in [0.1, 0.15) is 17.4 Å². The first-order valence-corrected chi connectivity index (χ1v) is 6.34. The predicted molar refractivity (Wildman–Crippen MR) is 65.3 cm³/mol. The fourth-order valence-corrected chi connectivity index (χ4v) is 1.68. The molecule has 0 aromatic heterocycles. The van der Waals surface area contributed by atoms with Crippen LogP contribution in [0.3, 0.4) is 0 Å². The largest absolute Gasteiger partial charge is 0.371 e. The summed E-state index contributed by atoms with van der Waals surface area (Å²) >= 11 is 0. The fourth-order valence-electron chi connectivity index (χ4n) is 1.68. The van der Waals surface area contributed by atoms with Gasteiger partial charge in [0.25, 0.3) is 0 Å². The Balaban J connectivity index is 1.59. The van der Waals surface area contributed by atoms with Gasteiger partial charge in [-0.1, -0.05) is 29.8 Å². The van der Waals surface area contributed by atoms with E-state index in [9.17, 15) is 0 Å². The molecule has 2 aliphatic rings. The molecule has 2 aliphatic heterocycles. The molecule has 2 saturated heterocycles. The lowest BCUT2D eigenvalue weighted by Gasteiger charge is -2.18. The van der Waals surface area contributed by atoms with Crippen LogP contribution < -0.4 is 0 Å². The van der Waals surface area contributed by atoms with Gasteiger partial charge in [0.1, 0.15) is 12.2 Å². The van der Waals surface area contributed by atoms with Crippen LogP contribution in [0.5, 0.6) is 0 Å². The van der Waals surface area contributed by atoms with Crippen molar-refractivity contribution in [3.05, 3.63) is 35.4 Å². The van der Waals surface area contributed by atoms with Crippen LogP contribution in [0, 0.1) is 6.92 Å². The number of ether oxygens (including phenoxy) is 4. The number of rotatable bonds is 7. The second-order valence-electron chi connectivity index (χ2n) is 4.82. The first-order valence-electron chi connectivity index (χ1n) is 6.34. The van der Waals surface area contributed by atoms with Crippen molar-refractivity contribution in [1.29, 1.82) is 0 Å². The van der Waals surface area contributed by atoms with Gasteiger partial charge in [-0.2, -0.15) is 0 Å². The zero-order valence-electron chi connectivity index (χ0n) is 10.5. The summed E-state index contributed by atoms with van der Waals surface area (Å²) in [6, 6.07) is 8.22. The Kier molecular flexibility index (Phi) is 3.61. The topological polar surface area (TPSA) is 43.5 Å². The van der Waals surface area contributed by atoms with E-state index in [4.69, 9.17) is 18.9 Å². The Morgan fingerprint density at radius 3 is 2.00 bits per heavy atom. The average Bonchev–Trinajstić information content (AvgIpc) is 3.26. The predicted octanol–water partition coefficient (Wildman–Crippen LogP) is 1.82. The molecule has 0 amide bonds. The Morgan fingerprint density at radius 1 is 1.06 bits per heavy atom. The molecule has 98 valence electrons. The summed E-state index contributed by atoms with van der Waals surface area (Å²) in [6.45, 7) is 4.84. The molecule has 2 heterocycles. The molecule has 0 saturated carbocycles. The third-order valence-corrected chi connectivity index (χ3v) is 3.02. The first kappa shape index (κ1) is 12.1. The van der Waals surface area contributed by atoms with Gasteiger partial charge in [-0.05, 0) is 6.92 Å². The monoisotopic (exact) mass is 250 g/mol. The molecule has 4 nitrogen and oxygen atoms in total. The van der Waals surface area contributed by atoms with Crippen LogP contribution in [0.15, 0.2) is 24.3 Å². The Hall–Kier alpha value is -0.940. The fraction of sp³-hybridized carbons (Fsp3) is 0.571. The van der Waals surface area contributed by atoms with Gasteiger partial charge in [-0.15, -0.1) is 0 Å². The smallest absolute Gasteiger partial charge is 0.184 e. The van der Waals surface area contributed by atoms with E-state index in [1.165, 1.54) is 5.56 Å². The number of hydrogen-bond donors (Lipinski definition) is 0. The van der Waals surface area contributed by atoms with Crippen molar-refractivity contribution in [2.75, 3.05) is 26.4 Å². The average molecular weight is 250 g/mol. The summed E-state index contributed by atoms with van der Waals surface area (Å²) in [7, 11) is 0. The SMILES string of the molecule is Cc1ccc(C(OCC2CO2)OCC2CO2)cc1. The molecule has 1 aromatic rings. The van der Waals surface area contributed by atoms with E-state index < -0.39 is 0 Å². The summed E-state index contributed by atoms with van der Waals surface area (Å²) < 4.78 is 21.8. The third kappa shape index (κ3) is 3.53. The third-order valence-electron chi connectivity index (χ3n) is 3.02. The van der Waals surface area contributed by atoms with E-state index in [0.717, 1.165) is 18.8 Å². The Morgan fingerprint density at radius 2 is 1.56 bits per heavy atom. The van der Waals surface area contributed by atoms with Crippen molar-refractivity contribution < 1.29 is 18.9 Å². The molecule has 0 spiro atoms. The summed E-state index contributed by atoms with van der Waals surface area (Å²) in [4.78, 5) is 0. The first-order chi connectivity index (χ1) is 8.81. The molecule has 2 atom stereocenters. The second-order valence-corrected chi connectivity index (χ2v) is 4.82. The normalized spacial score (nSPS) is 26.9. The molecule has 0 bridgehead atoms. The highest BCUT2D eigenvalue weighted by Gasteiger charge is 2.28. The lowest BCUT2D eigenvalue weighted by Crippen LogP contribution is -2.15. The minimum Gasteiger partial charge on any atom is -0.371 e. The summed E-state index contributed by atoms with van der Waals surface area (Å²) in [5.41, 5.74) is 2.27. The van der Waals surface area contributed by atoms with E-state index >= 15 is 0 Å². The molecule has 0 N–H and O–H groups in total. The highest BCUT2D eigenvalue weighted by molar-refractivity contribution is 5.22. The van der Waals surface area contributed by atoms with Crippen molar-refractivity contribution in [2.24, 2.45) is 0 Å². The molecule has 4 heteroatoms. The summed E-state index contributed by atoms with van der Waals surface area (Å²) in [6.07, 6.45) is 0.177. The maximum Gasteiger partial charge on any atom is 0.184 e. The van der Waals surface area contributed by atoms with E-state index in [0.29, 0.717) is 13.2 Å². The number of epoxide rings is 2. The molecule has 1 aromatic carbocycles. The van der Waals surface area contributed by atoms with Crippen molar-refractivity contribution in [2.45, 2.75) is 25.4 Å². The maximum absolute atomic E-state index is 5.77. The van der Waals surface area contributed by atoms with Crippen LogP contribution in [0.2, 0.25) is 0 Å². The van der Waals surface area contributed by atoms with Gasteiger partial charge in [-0.3, -0.25) is 0 Å². The Bertz CT molecular complexity index is 365. The van der Waals surface area contributed by atoms with Crippen molar-refractivity contribution in [3.8, 4) is 0 Å². The van der Waals surface area contributed by atoms with Gasteiger partial charge in [0, 0.05) is 5.56 Å². The van der Waals surface area contributed by atoms with Crippen molar-refractivity contribution >= 4 is 0 Å².